The van der Waals surface area contributed by atoms with E-state index in [4.69, 9.17) is 14.5 Å². The normalized spacial score (nSPS) is 24.3. The van der Waals surface area contributed by atoms with Crippen molar-refractivity contribution >= 4 is 32.5 Å². The fraction of sp³-hybridized carbons (Fsp3) is 0.478. The number of thiazole rings is 1. The number of fused-ring (bicyclic) bond motifs is 1. The van der Waals surface area contributed by atoms with Gasteiger partial charge < -0.3 is 24.8 Å². The first kappa shape index (κ1) is 20.5. The first-order valence-electron chi connectivity index (χ1n) is 11.0. The second kappa shape index (κ2) is 8.98. The van der Waals surface area contributed by atoms with Crippen LogP contribution in [0.15, 0.2) is 36.5 Å². The van der Waals surface area contributed by atoms with Gasteiger partial charge in [0.2, 0.25) is 0 Å². The average molecular weight is 441 g/mol. The van der Waals surface area contributed by atoms with E-state index in [-0.39, 0.29) is 12.1 Å². The number of nitrogens with zero attached hydrogens (tertiary/aromatic N) is 3. The van der Waals surface area contributed by atoms with Gasteiger partial charge in [0, 0.05) is 31.4 Å². The van der Waals surface area contributed by atoms with E-state index < -0.39 is 0 Å². The molecule has 1 aliphatic heterocycles. The van der Waals surface area contributed by atoms with Crippen molar-refractivity contribution in [2.75, 3.05) is 36.5 Å². The number of aliphatic hydroxyl groups is 1. The lowest BCUT2D eigenvalue weighted by Gasteiger charge is -2.33. The van der Waals surface area contributed by atoms with Crippen LogP contribution in [-0.2, 0) is 4.74 Å². The molecule has 2 fully saturated rings. The molecule has 0 amide bonds. The van der Waals surface area contributed by atoms with Crippen molar-refractivity contribution in [1.29, 1.82) is 0 Å². The van der Waals surface area contributed by atoms with Crippen molar-refractivity contribution in [3.8, 4) is 11.5 Å². The Kier molecular flexibility index (Phi) is 5.93. The molecule has 0 spiro atoms. The molecule has 7 nitrogen and oxygen atoms in total. The van der Waals surface area contributed by atoms with Crippen LogP contribution in [0.25, 0.3) is 10.2 Å². The lowest BCUT2D eigenvalue weighted by molar-refractivity contribution is 0.0906. The van der Waals surface area contributed by atoms with Gasteiger partial charge in [-0.15, -0.1) is 0 Å². The minimum Gasteiger partial charge on any atom is -0.457 e. The molecular formula is C23H28N4O3S. The van der Waals surface area contributed by atoms with Gasteiger partial charge >= 0.3 is 0 Å². The zero-order valence-corrected chi connectivity index (χ0v) is 18.5. The molecule has 3 aromatic rings. The molecule has 0 unspecified atom stereocenters. The lowest BCUT2D eigenvalue weighted by atomic mass is 9.84. The van der Waals surface area contributed by atoms with Crippen molar-refractivity contribution in [2.24, 2.45) is 5.92 Å². The number of hydrogen-bond donors (Lipinski definition) is 2. The Balaban J connectivity index is 1.31. The van der Waals surface area contributed by atoms with Crippen molar-refractivity contribution in [3.05, 3.63) is 36.5 Å². The predicted octanol–water partition coefficient (Wildman–Crippen LogP) is 4.28. The van der Waals surface area contributed by atoms with Crippen molar-refractivity contribution in [2.45, 2.75) is 38.3 Å². The highest BCUT2D eigenvalue weighted by Crippen LogP contribution is 2.34. The summed E-state index contributed by atoms with van der Waals surface area (Å²) in [5, 5.41) is 14.7. The number of pyridine rings is 1. The Morgan fingerprint density at radius 2 is 2.00 bits per heavy atom. The van der Waals surface area contributed by atoms with Gasteiger partial charge in [0.05, 0.1) is 35.6 Å². The van der Waals surface area contributed by atoms with Gasteiger partial charge in [0.15, 0.2) is 5.13 Å². The quantitative estimate of drug-likeness (QED) is 0.613. The summed E-state index contributed by atoms with van der Waals surface area (Å²) in [6.45, 7) is 5.32. The maximum Gasteiger partial charge on any atom is 0.184 e. The molecule has 1 aromatic carbocycles. The molecule has 164 valence electrons. The van der Waals surface area contributed by atoms with Gasteiger partial charge in [0.25, 0.3) is 0 Å². The highest BCUT2D eigenvalue weighted by atomic mass is 32.1. The summed E-state index contributed by atoms with van der Waals surface area (Å²) in [6, 6.07) is 9.85. The predicted molar refractivity (Wildman–Crippen MR) is 123 cm³/mol. The zero-order valence-electron chi connectivity index (χ0n) is 17.7. The van der Waals surface area contributed by atoms with Crippen LogP contribution in [0.4, 0.5) is 10.9 Å². The fourth-order valence-electron chi connectivity index (χ4n) is 4.36. The Morgan fingerprint density at radius 3 is 2.84 bits per heavy atom. The van der Waals surface area contributed by atoms with E-state index >= 15 is 0 Å². The molecule has 0 bridgehead atoms. The largest absolute Gasteiger partial charge is 0.457 e. The number of aliphatic hydroxyl groups excluding tert-OH is 1. The van der Waals surface area contributed by atoms with Crippen LogP contribution in [0.5, 0.6) is 11.5 Å². The number of anilines is 2. The van der Waals surface area contributed by atoms with Crippen molar-refractivity contribution < 1.29 is 14.6 Å². The summed E-state index contributed by atoms with van der Waals surface area (Å²) in [7, 11) is 0. The van der Waals surface area contributed by atoms with Crippen LogP contribution in [-0.4, -0.2) is 53.5 Å². The number of benzene rings is 1. The van der Waals surface area contributed by atoms with Crippen LogP contribution in [0.1, 0.15) is 26.2 Å². The molecule has 31 heavy (non-hydrogen) atoms. The van der Waals surface area contributed by atoms with E-state index in [1.54, 1.807) is 17.5 Å². The zero-order chi connectivity index (χ0) is 21.2. The van der Waals surface area contributed by atoms with Gasteiger partial charge in [-0.3, -0.25) is 0 Å². The second-order valence-corrected chi connectivity index (χ2v) is 9.38. The first-order valence-corrected chi connectivity index (χ1v) is 11.8. The minimum absolute atomic E-state index is 0.0560. The van der Waals surface area contributed by atoms with Crippen LogP contribution in [0.3, 0.4) is 0 Å². The number of hydrogen-bond acceptors (Lipinski definition) is 8. The van der Waals surface area contributed by atoms with Crippen molar-refractivity contribution in [3.63, 3.8) is 0 Å². The van der Waals surface area contributed by atoms with Gasteiger partial charge in [-0.1, -0.05) is 24.7 Å². The van der Waals surface area contributed by atoms with E-state index in [2.05, 4.69) is 22.1 Å². The maximum atomic E-state index is 10.4. The third-order valence-electron chi connectivity index (χ3n) is 6.12. The monoisotopic (exact) mass is 440 g/mol. The van der Waals surface area contributed by atoms with Crippen LogP contribution >= 0.6 is 11.3 Å². The molecule has 3 atom stereocenters. The van der Waals surface area contributed by atoms with E-state index in [1.807, 2.05) is 30.3 Å². The van der Waals surface area contributed by atoms with E-state index in [1.165, 1.54) is 0 Å². The number of nitrogens with one attached hydrogen (secondary N) is 1. The SMILES string of the molecule is C[C@H]1CCC[C@@H](O)[C@@H]1Nc1nc2ccc(Oc3ccnc(N4CCOCC4)c3)cc2s1. The Bertz CT molecular complexity index is 1030. The molecule has 1 saturated heterocycles. The van der Waals surface area contributed by atoms with Crippen molar-refractivity contribution in [1.82, 2.24) is 9.97 Å². The highest BCUT2D eigenvalue weighted by Gasteiger charge is 2.29. The third kappa shape index (κ3) is 4.61. The molecule has 0 radical (unpaired) electrons. The topological polar surface area (TPSA) is 79.7 Å². The molecule has 2 N–H and O–H groups in total. The lowest BCUT2D eigenvalue weighted by Crippen LogP contribution is -2.42. The van der Waals surface area contributed by atoms with E-state index in [9.17, 15) is 5.11 Å². The van der Waals surface area contributed by atoms with Gasteiger partial charge in [-0.2, -0.15) is 0 Å². The number of rotatable bonds is 5. The second-order valence-electron chi connectivity index (χ2n) is 8.35. The van der Waals surface area contributed by atoms with Crippen LogP contribution in [0, 0.1) is 5.92 Å². The summed E-state index contributed by atoms with van der Waals surface area (Å²) >= 11 is 1.60. The first-order chi connectivity index (χ1) is 15.2. The molecular weight excluding hydrogens is 412 g/mol. The molecule has 1 aliphatic carbocycles. The van der Waals surface area contributed by atoms with Gasteiger partial charge in [0.1, 0.15) is 17.3 Å². The maximum absolute atomic E-state index is 10.4. The Labute approximate surface area is 186 Å². The summed E-state index contributed by atoms with van der Waals surface area (Å²) in [5.41, 5.74) is 0.932. The Hall–Kier alpha value is -2.42. The summed E-state index contributed by atoms with van der Waals surface area (Å²) < 4.78 is 12.6. The third-order valence-corrected chi connectivity index (χ3v) is 7.07. The highest BCUT2D eigenvalue weighted by molar-refractivity contribution is 7.22. The summed E-state index contributed by atoms with van der Waals surface area (Å²) in [6.07, 6.45) is 4.54. The Morgan fingerprint density at radius 1 is 1.16 bits per heavy atom. The fourth-order valence-corrected chi connectivity index (χ4v) is 5.30. The summed E-state index contributed by atoms with van der Waals surface area (Å²) in [5.74, 6) is 2.87. The number of ether oxygens (including phenoxy) is 2. The number of morpholine rings is 1. The van der Waals surface area contributed by atoms with Crippen LogP contribution < -0.4 is 15.0 Å². The molecule has 5 rings (SSSR count). The van der Waals surface area contributed by atoms with Gasteiger partial charge in [-0.25, -0.2) is 9.97 Å². The molecule has 2 aliphatic rings. The molecule has 8 heteroatoms. The average Bonchev–Trinajstić information content (AvgIpc) is 3.19. The van der Waals surface area contributed by atoms with E-state index in [0.717, 1.165) is 78.2 Å². The number of aromatic nitrogens is 2. The smallest absolute Gasteiger partial charge is 0.184 e. The van der Waals surface area contributed by atoms with Crippen LogP contribution in [0.2, 0.25) is 0 Å². The van der Waals surface area contributed by atoms with E-state index in [0.29, 0.717) is 5.92 Å². The summed E-state index contributed by atoms with van der Waals surface area (Å²) in [4.78, 5) is 11.4. The molecule has 3 heterocycles. The standard InChI is InChI=1S/C23H28N4O3S/c1-15-3-2-4-19(28)22(15)26-23-25-18-6-5-16(13-20(18)31-23)30-17-7-8-24-21(14-17)27-9-11-29-12-10-27/h5-8,13-15,19,22,28H,2-4,9-12H2,1H3,(H,25,26)/t15-,19+,22+/m0/s1. The molecule has 1 saturated carbocycles. The van der Waals surface area contributed by atoms with Gasteiger partial charge in [-0.05, 0) is 37.0 Å². The minimum atomic E-state index is -0.318. The molecule has 2 aromatic heterocycles.